The molecule has 54 valence electrons. The van der Waals surface area contributed by atoms with Gasteiger partial charge in [0.1, 0.15) is 3.70 Å². The van der Waals surface area contributed by atoms with E-state index in [9.17, 15) is 4.79 Å². The number of aromatic nitrogens is 2. The van der Waals surface area contributed by atoms with Crippen molar-refractivity contribution in [2.45, 2.75) is 13.5 Å². The molecule has 4 heteroatoms. The molecule has 1 rings (SSSR count). The second-order valence-electron chi connectivity index (χ2n) is 1.85. The van der Waals surface area contributed by atoms with Gasteiger partial charge in [-0.15, -0.1) is 0 Å². The Labute approximate surface area is 72.6 Å². The third kappa shape index (κ3) is 1.36. The van der Waals surface area contributed by atoms with Crippen molar-refractivity contribution in [1.29, 1.82) is 0 Å². The van der Waals surface area contributed by atoms with Crippen molar-refractivity contribution in [3.05, 3.63) is 15.5 Å². The highest BCUT2D eigenvalue weighted by atomic mass is 127. The fourth-order valence-electron chi connectivity index (χ4n) is 0.654. The van der Waals surface area contributed by atoms with Gasteiger partial charge in [0.15, 0.2) is 6.29 Å². The zero-order valence-electron chi connectivity index (χ0n) is 5.54. The predicted octanol–water partition coefficient (Wildman–Crippen LogP) is 1.32. The van der Waals surface area contributed by atoms with Crippen LogP contribution in [0.4, 0.5) is 0 Å². The standard InChI is InChI=1S/C6H7IN2O/c1-2-9-3-5(4-10)6(7)8-9/h3-4H,2H2,1H3. The Bertz CT molecular complexity index is 244. The Morgan fingerprint density at radius 1 is 1.90 bits per heavy atom. The number of rotatable bonds is 2. The molecule has 0 atom stereocenters. The molecule has 0 saturated heterocycles. The van der Waals surface area contributed by atoms with E-state index in [1.54, 1.807) is 10.9 Å². The normalized spacial score (nSPS) is 9.80. The van der Waals surface area contributed by atoms with Crippen molar-refractivity contribution in [1.82, 2.24) is 9.78 Å². The van der Waals surface area contributed by atoms with Gasteiger partial charge in [0, 0.05) is 12.7 Å². The van der Waals surface area contributed by atoms with Crippen LogP contribution >= 0.6 is 22.6 Å². The average molecular weight is 250 g/mol. The van der Waals surface area contributed by atoms with Gasteiger partial charge >= 0.3 is 0 Å². The minimum absolute atomic E-state index is 0.669. The fourth-order valence-corrected chi connectivity index (χ4v) is 1.20. The van der Waals surface area contributed by atoms with Gasteiger partial charge in [-0.1, -0.05) is 0 Å². The number of carbonyl (C=O) groups excluding carboxylic acids is 1. The van der Waals surface area contributed by atoms with E-state index < -0.39 is 0 Å². The van der Waals surface area contributed by atoms with E-state index in [2.05, 4.69) is 5.10 Å². The Morgan fingerprint density at radius 2 is 2.60 bits per heavy atom. The van der Waals surface area contributed by atoms with Gasteiger partial charge < -0.3 is 0 Å². The Kier molecular flexibility index (Phi) is 2.42. The predicted molar refractivity (Wildman–Crippen MR) is 46.0 cm³/mol. The van der Waals surface area contributed by atoms with Crippen molar-refractivity contribution in [3.63, 3.8) is 0 Å². The molecule has 0 spiro atoms. The van der Waals surface area contributed by atoms with Crippen molar-refractivity contribution < 1.29 is 4.79 Å². The lowest BCUT2D eigenvalue weighted by Crippen LogP contribution is -1.93. The summed E-state index contributed by atoms with van der Waals surface area (Å²) in [5.74, 6) is 0. The SMILES string of the molecule is CCn1cc(C=O)c(I)n1. The van der Waals surface area contributed by atoms with Gasteiger partial charge in [0.25, 0.3) is 0 Å². The summed E-state index contributed by atoms with van der Waals surface area (Å²) < 4.78 is 2.51. The Balaban J connectivity index is 3.03. The maximum atomic E-state index is 10.3. The molecule has 1 heterocycles. The smallest absolute Gasteiger partial charge is 0.154 e. The van der Waals surface area contributed by atoms with Crippen molar-refractivity contribution in [2.75, 3.05) is 0 Å². The molecule has 0 radical (unpaired) electrons. The lowest BCUT2D eigenvalue weighted by molar-refractivity contribution is 0.112. The quantitative estimate of drug-likeness (QED) is 0.586. The fraction of sp³-hybridized carbons (Fsp3) is 0.333. The van der Waals surface area contributed by atoms with Crippen LogP contribution in [0.15, 0.2) is 6.20 Å². The maximum absolute atomic E-state index is 10.3. The van der Waals surface area contributed by atoms with E-state index in [0.717, 1.165) is 16.5 Å². The highest BCUT2D eigenvalue weighted by molar-refractivity contribution is 14.1. The second kappa shape index (κ2) is 3.14. The molecule has 0 aromatic carbocycles. The van der Waals surface area contributed by atoms with Crippen LogP contribution < -0.4 is 0 Å². The molecule has 0 N–H and O–H groups in total. The van der Waals surface area contributed by atoms with Crippen molar-refractivity contribution >= 4 is 28.9 Å². The van der Waals surface area contributed by atoms with Gasteiger partial charge in [-0.2, -0.15) is 5.10 Å². The molecule has 1 aromatic heterocycles. The minimum Gasteiger partial charge on any atom is -0.298 e. The second-order valence-corrected chi connectivity index (χ2v) is 2.87. The largest absolute Gasteiger partial charge is 0.298 e. The van der Waals surface area contributed by atoms with Crippen LogP contribution in [0.5, 0.6) is 0 Å². The topological polar surface area (TPSA) is 34.9 Å². The van der Waals surface area contributed by atoms with E-state index >= 15 is 0 Å². The molecule has 0 bridgehead atoms. The van der Waals surface area contributed by atoms with Gasteiger partial charge in [-0.05, 0) is 29.5 Å². The van der Waals surface area contributed by atoms with Crippen LogP contribution in [0, 0.1) is 3.70 Å². The molecule has 10 heavy (non-hydrogen) atoms. The third-order valence-corrected chi connectivity index (χ3v) is 2.03. The highest BCUT2D eigenvalue weighted by Crippen LogP contribution is 2.06. The molecule has 0 unspecified atom stereocenters. The van der Waals surface area contributed by atoms with Gasteiger partial charge in [-0.25, -0.2) is 0 Å². The zero-order chi connectivity index (χ0) is 7.56. The number of nitrogens with zero attached hydrogens (tertiary/aromatic N) is 2. The monoisotopic (exact) mass is 250 g/mol. The van der Waals surface area contributed by atoms with Crippen molar-refractivity contribution in [3.8, 4) is 0 Å². The maximum Gasteiger partial charge on any atom is 0.154 e. The van der Waals surface area contributed by atoms with Crippen LogP contribution in [-0.4, -0.2) is 16.1 Å². The minimum atomic E-state index is 0.669. The van der Waals surface area contributed by atoms with E-state index in [-0.39, 0.29) is 0 Å². The van der Waals surface area contributed by atoms with Crippen LogP contribution in [0.25, 0.3) is 0 Å². The molecule has 0 saturated carbocycles. The molecule has 0 aliphatic carbocycles. The van der Waals surface area contributed by atoms with E-state index in [4.69, 9.17) is 0 Å². The summed E-state index contributed by atoms with van der Waals surface area (Å²) in [5, 5.41) is 4.07. The first-order chi connectivity index (χ1) is 4.77. The third-order valence-electron chi connectivity index (χ3n) is 1.19. The molecule has 0 amide bonds. The van der Waals surface area contributed by atoms with E-state index in [1.165, 1.54) is 0 Å². The van der Waals surface area contributed by atoms with Gasteiger partial charge in [0.05, 0.1) is 5.56 Å². The number of hydrogen-bond donors (Lipinski definition) is 0. The van der Waals surface area contributed by atoms with Crippen LogP contribution in [0.2, 0.25) is 0 Å². The van der Waals surface area contributed by atoms with Crippen LogP contribution in [-0.2, 0) is 6.54 Å². The Hall–Kier alpha value is -0.390. The zero-order valence-corrected chi connectivity index (χ0v) is 7.70. The molecular weight excluding hydrogens is 243 g/mol. The summed E-state index contributed by atoms with van der Waals surface area (Å²) in [6.45, 7) is 2.79. The van der Waals surface area contributed by atoms with E-state index in [1.807, 2.05) is 29.5 Å². The number of hydrogen-bond acceptors (Lipinski definition) is 2. The molecule has 3 nitrogen and oxygen atoms in total. The lowest BCUT2D eigenvalue weighted by atomic mass is 10.4. The van der Waals surface area contributed by atoms with Crippen LogP contribution in [0.1, 0.15) is 17.3 Å². The molecule has 1 aromatic rings. The summed E-state index contributed by atoms with van der Waals surface area (Å²) in [6.07, 6.45) is 2.57. The first kappa shape index (κ1) is 7.71. The first-order valence-corrected chi connectivity index (χ1v) is 4.04. The summed E-state index contributed by atoms with van der Waals surface area (Å²) in [7, 11) is 0. The molecule has 0 fully saturated rings. The molecule has 0 aliphatic heterocycles. The number of carbonyl (C=O) groups is 1. The summed E-state index contributed by atoms with van der Waals surface area (Å²) in [4.78, 5) is 10.3. The number of halogens is 1. The average Bonchev–Trinajstić information content (AvgIpc) is 2.30. The number of aryl methyl sites for hydroxylation is 1. The van der Waals surface area contributed by atoms with Gasteiger partial charge in [0.2, 0.25) is 0 Å². The molecule has 0 aliphatic rings. The first-order valence-electron chi connectivity index (χ1n) is 2.96. The Morgan fingerprint density at radius 3 is 2.90 bits per heavy atom. The lowest BCUT2D eigenvalue weighted by Gasteiger charge is -1.88. The van der Waals surface area contributed by atoms with Crippen LogP contribution in [0.3, 0.4) is 0 Å². The summed E-state index contributed by atoms with van der Waals surface area (Å²) >= 11 is 2.04. The number of aldehydes is 1. The van der Waals surface area contributed by atoms with E-state index in [0.29, 0.717) is 5.56 Å². The highest BCUT2D eigenvalue weighted by Gasteiger charge is 2.01. The van der Waals surface area contributed by atoms with Crippen molar-refractivity contribution in [2.24, 2.45) is 0 Å². The summed E-state index contributed by atoms with van der Waals surface area (Å²) in [6, 6.07) is 0. The summed E-state index contributed by atoms with van der Waals surface area (Å²) in [5.41, 5.74) is 0.669. The van der Waals surface area contributed by atoms with Gasteiger partial charge in [-0.3, -0.25) is 9.48 Å². The molecular formula is C6H7IN2O.